The molecule has 5 nitrogen and oxygen atoms in total. The SMILES string of the molecule is CC(C)(C)c1ccc(N2CC3(COC3)C2)n2ncnc12. The topological polar surface area (TPSA) is 42.7 Å². The summed E-state index contributed by atoms with van der Waals surface area (Å²) < 4.78 is 7.32. The number of nitrogens with zero attached hydrogens (tertiary/aromatic N) is 4. The second-order valence-corrected chi connectivity index (χ2v) is 7.20. The van der Waals surface area contributed by atoms with Crippen molar-refractivity contribution in [2.45, 2.75) is 26.2 Å². The largest absolute Gasteiger partial charge is 0.380 e. The van der Waals surface area contributed by atoms with Crippen LogP contribution in [0.4, 0.5) is 5.82 Å². The average Bonchev–Trinajstić information content (AvgIpc) is 2.72. The molecule has 2 aromatic rings. The molecule has 20 heavy (non-hydrogen) atoms. The summed E-state index contributed by atoms with van der Waals surface area (Å²) in [5.41, 5.74) is 2.70. The maximum atomic E-state index is 5.34. The molecule has 0 bridgehead atoms. The molecule has 2 fully saturated rings. The summed E-state index contributed by atoms with van der Waals surface area (Å²) in [7, 11) is 0. The van der Waals surface area contributed by atoms with Crippen molar-refractivity contribution in [1.82, 2.24) is 14.6 Å². The number of hydrogen-bond donors (Lipinski definition) is 0. The van der Waals surface area contributed by atoms with Crippen molar-refractivity contribution in [3.05, 3.63) is 24.0 Å². The van der Waals surface area contributed by atoms with Crippen LogP contribution in [0, 0.1) is 5.41 Å². The first kappa shape index (κ1) is 12.1. The van der Waals surface area contributed by atoms with Gasteiger partial charge in [-0.2, -0.15) is 9.61 Å². The molecule has 0 aliphatic carbocycles. The van der Waals surface area contributed by atoms with Gasteiger partial charge in [0.2, 0.25) is 0 Å². The van der Waals surface area contributed by atoms with Crippen LogP contribution < -0.4 is 4.90 Å². The van der Waals surface area contributed by atoms with Crippen LogP contribution in [0.15, 0.2) is 18.5 Å². The molecular weight excluding hydrogens is 252 g/mol. The molecule has 2 aliphatic heterocycles. The van der Waals surface area contributed by atoms with E-state index in [1.54, 1.807) is 6.33 Å². The molecule has 0 radical (unpaired) electrons. The highest BCUT2D eigenvalue weighted by Gasteiger charge is 2.49. The van der Waals surface area contributed by atoms with Crippen molar-refractivity contribution in [1.29, 1.82) is 0 Å². The molecule has 0 atom stereocenters. The Balaban J connectivity index is 1.73. The van der Waals surface area contributed by atoms with Crippen molar-refractivity contribution in [2.75, 3.05) is 31.2 Å². The lowest BCUT2D eigenvalue weighted by molar-refractivity contribution is -0.127. The Morgan fingerprint density at radius 3 is 2.55 bits per heavy atom. The van der Waals surface area contributed by atoms with Crippen LogP contribution in [-0.4, -0.2) is 40.9 Å². The van der Waals surface area contributed by atoms with Gasteiger partial charge in [0.25, 0.3) is 0 Å². The van der Waals surface area contributed by atoms with Gasteiger partial charge in [-0.05, 0) is 11.5 Å². The molecule has 4 heterocycles. The van der Waals surface area contributed by atoms with Crippen molar-refractivity contribution in [2.24, 2.45) is 5.41 Å². The summed E-state index contributed by atoms with van der Waals surface area (Å²) >= 11 is 0. The smallest absolute Gasteiger partial charge is 0.161 e. The van der Waals surface area contributed by atoms with E-state index in [0.717, 1.165) is 37.8 Å². The maximum absolute atomic E-state index is 5.34. The highest BCUT2D eigenvalue weighted by molar-refractivity contribution is 5.59. The number of rotatable bonds is 1. The third-order valence-corrected chi connectivity index (χ3v) is 4.41. The zero-order valence-corrected chi connectivity index (χ0v) is 12.3. The molecule has 0 N–H and O–H groups in total. The van der Waals surface area contributed by atoms with Gasteiger partial charge in [0.05, 0.1) is 18.6 Å². The highest BCUT2D eigenvalue weighted by atomic mass is 16.5. The van der Waals surface area contributed by atoms with E-state index in [4.69, 9.17) is 4.74 Å². The zero-order chi connectivity index (χ0) is 14.0. The number of hydrogen-bond acceptors (Lipinski definition) is 4. The number of fused-ring (bicyclic) bond motifs is 1. The number of anilines is 1. The third kappa shape index (κ3) is 1.59. The first-order chi connectivity index (χ1) is 9.49. The first-order valence-corrected chi connectivity index (χ1v) is 7.15. The molecule has 0 saturated carbocycles. The minimum Gasteiger partial charge on any atom is -0.380 e. The van der Waals surface area contributed by atoms with E-state index in [2.05, 4.69) is 47.9 Å². The first-order valence-electron chi connectivity index (χ1n) is 7.15. The van der Waals surface area contributed by atoms with Crippen LogP contribution in [-0.2, 0) is 10.2 Å². The van der Waals surface area contributed by atoms with Gasteiger partial charge in [0.15, 0.2) is 5.65 Å². The second kappa shape index (κ2) is 3.73. The van der Waals surface area contributed by atoms with E-state index in [-0.39, 0.29) is 5.41 Å². The molecule has 5 heteroatoms. The summed E-state index contributed by atoms with van der Waals surface area (Å²) in [5.74, 6) is 1.14. The fraction of sp³-hybridized carbons (Fsp3) is 0.600. The lowest BCUT2D eigenvalue weighted by Crippen LogP contribution is -2.66. The monoisotopic (exact) mass is 272 g/mol. The Kier molecular flexibility index (Phi) is 2.26. The molecule has 2 aliphatic rings. The van der Waals surface area contributed by atoms with Crippen LogP contribution in [0.25, 0.3) is 5.65 Å². The predicted octanol–water partition coefficient (Wildman–Crippen LogP) is 1.86. The molecule has 106 valence electrons. The van der Waals surface area contributed by atoms with Crippen molar-refractivity contribution in [3.8, 4) is 0 Å². The summed E-state index contributed by atoms with van der Waals surface area (Å²) in [6, 6.07) is 4.37. The maximum Gasteiger partial charge on any atom is 0.161 e. The predicted molar refractivity (Wildman–Crippen MR) is 77.2 cm³/mol. The lowest BCUT2D eigenvalue weighted by Gasteiger charge is -2.55. The van der Waals surface area contributed by atoms with Gasteiger partial charge in [-0.3, -0.25) is 0 Å². The Morgan fingerprint density at radius 1 is 1.20 bits per heavy atom. The van der Waals surface area contributed by atoms with E-state index < -0.39 is 0 Å². The minimum absolute atomic E-state index is 0.0742. The molecule has 0 amide bonds. The van der Waals surface area contributed by atoms with Gasteiger partial charge in [0, 0.05) is 18.7 Å². The number of pyridine rings is 1. The summed E-state index contributed by atoms with van der Waals surface area (Å²) in [6.45, 7) is 10.6. The summed E-state index contributed by atoms with van der Waals surface area (Å²) in [6.07, 6.45) is 1.65. The van der Waals surface area contributed by atoms with Gasteiger partial charge in [-0.15, -0.1) is 0 Å². The van der Waals surface area contributed by atoms with Gasteiger partial charge < -0.3 is 9.64 Å². The molecule has 0 unspecified atom stereocenters. The Bertz CT molecular complexity index is 658. The number of aromatic nitrogens is 3. The van der Waals surface area contributed by atoms with Gasteiger partial charge in [0.1, 0.15) is 12.1 Å². The van der Waals surface area contributed by atoms with Crippen LogP contribution in [0.1, 0.15) is 26.3 Å². The molecule has 1 spiro atoms. The van der Waals surface area contributed by atoms with Gasteiger partial charge in [-0.1, -0.05) is 26.8 Å². The molecule has 2 aromatic heterocycles. The standard InChI is InChI=1S/C15H20N4O/c1-14(2,3)11-4-5-12(19-13(11)16-10-17-19)18-6-15(7-18)8-20-9-15/h4-5,10H,6-9H2,1-3H3. The van der Waals surface area contributed by atoms with Gasteiger partial charge in [-0.25, -0.2) is 4.98 Å². The Morgan fingerprint density at radius 2 is 1.95 bits per heavy atom. The molecular formula is C15H20N4O. The Hall–Kier alpha value is -1.62. The van der Waals surface area contributed by atoms with E-state index in [9.17, 15) is 0 Å². The second-order valence-electron chi connectivity index (χ2n) is 7.20. The van der Waals surface area contributed by atoms with Crippen LogP contribution >= 0.6 is 0 Å². The highest BCUT2D eigenvalue weighted by Crippen LogP contribution is 2.40. The molecule has 4 rings (SSSR count). The van der Waals surface area contributed by atoms with Gasteiger partial charge >= 0.3 is 0 Å². The quantitative estimate of drug-likeness (QED) is 0.795. The van der Waals surface area contributed by atoms with E-state index in [0.29, 0.717) is 5.41 Å². The fourth-order valence-electron chi connectivity index (χ4n) is 3.22. The minimum atomic E-state index is 0.0742. The van der Waals surface area contributed by atoms with Crippen LogP contribution in [0.3, 0.4) is 0 Å². The Labute approximate surface area is 118 Å². The van der Waals surface area contributed by atoms with Crippen LogP contribution in [0.5, 0.6) is 0 Å². The average molecular weight is 272 g/mol. The summed E-state index contributed by atoms with van der Waals surface area (Å²) in [4.78, 5) is 6.83. The third-order valence-electron chi connectivity index (χ3n) is 4.41. The van der Waals surface area contributed by atoms with Crippen LogP contribution in [0.2, 0.25) is 0 Å². The van der Waals surface area contributed by atoms with Crippen molar-refractivity contribution < 1.29 is 4.74 Å². The normalized spacial score (nSPS) is 21.1. The fourth-order valence-corrected chi connectivity index (χ4v) is 3.22. The van der Waals surface area contributed by atoms with Crippen molar-refractivity contribution >= 4 is 11.5 Å². The number of ether oxygens (including phenoxy) is 1. The van der Waals surface area contributed by atoms with E-state index in [1.165, 1.54) is 5.56 Å². The molecule has 2 saturated heterocycles. The summed E-state index contributed by atoms with van der Waals surface area (Å²) in [5, 5.41) is 4.42. The van der Waals surface area contributed by atoms with E-state index in [1.807, 2.05) is 4.52 Å². The zero-order valence-electron chi connectivity index (χ0n) is 12.3. The van der Waals surface area contributed by atoms with Crippen molar-refractivity contribution in [3.63, 3.8) is 0 Å². The van der Waals surface area contributed by atoms with E-state index >= 15 is 0 Å². The molecule has 0 aromatic carbocycles. The lowest BCUT2D eigenvalue weighted by atomic mass is 9.78.